The Hall–Kier alpha value is -6.28. The summed E-state index contributed by atoms with van der Waals surface area (Å²) in [4.78, 5) is 65.6. The summed E-state index contributed by atoms with van der Waals surface area (Å²) in [6.07, 6.45) is 2.44. The van der Waals surface area contributed by atoms with Gasteiger partial charge in [0.15, 0.2) is 17.1 Å². The number of fused-ring (bicyclic) bond motifs is 5. The fraction of sp³-hybridized carbons (Fsp3) is 0.213. The van der Waals surface area contributed by atoms with Crippen LogP contribution in [-0.4, -0.2) is 45.8 Å². The second-order valence-corrected chi connectivity index (χ2v) is 16.9. The average molecular weight is 897 g/mol. The molecule has 0 spiro atoms. The van der Waals surface area contributed by atoms with Crippen molar-refractivity contribution in [3.8, 4) is 23.0 Å². The van der Waals surface area contributed by atoms with E-state index in [9.17, 15) is 14.7 Å². The lowest BCUT2D eigenvalue weighted by Crippen LogP contribution is -2.53. The Morgan fingerprint density at radius 2 is 1.59 bits per heavy atom. The minimum absolute atomic E-state index is 0.0435. The van der Waals surface area contributed by atoms with Crippen molar-refractivity contribution < 1.29 is 33.4 Å². The monoisotopic (exact) mass is 896 g/mol. The van der Waals surface area contributed by atoms with E-state index < -0.39 is 46.8 Å². The SMILES string of the molecule is COc1cc([C@H]2C3=CC[C@@H]4C(=O)N(c5ccc(-c6nc7ccccc7o6)cc5)C(=O)[C@@H]4[C@@H]3C[C@H]3C(=O)N(Nc4ccc(C)cc4)C(=O)[C@@]23c2ccccc2)cc(I)c1O. The van der Waals surface area contributed by atoms with Gasteiger partial charge >= 0.3 is 0 Å². The van der Waals surface area contributed by atoms with E-state index in [1.807, 2.05) is 121 Å². The van der Waals surface area contributed by atoms with Gasteiger partial charge in [-0.15, -0.1) is 0 Å². The van der Waals surface area contributed by atoms with Crippen LogP contribution >= 0.6 is 22.6 Å². The zero-order chi connectivity index (χ0) is 40.7. The predicted molar refractivity (Wildman–Crippen MR) is 228 cm³/mol. The van der Waals surface area contributed by atoms with E-state index in [0.29, 0.717) is 43.1 Å². The lowest BCUT2D eigenvalue weighted by Gasteiger charge is -2.50. The molecule has 6 atom stereocenters. The number of methoxy groups -OCH3 is 1. The smallest absolute Gasteiger partial charge is 0.260 e. The first-order valence-corrected chi connectivity index (χ1v) is 20.6. The third-order valence-corrected chi connectivity index (χ3v) is 13.5. The van der Waals surface area contributed by atoms with Crippen molar-refractivity contribution in [3.05, 3.63) is 147 Å². The van der Waals surface area contributed by atoms with Crippen LogP contribution in [0.15, 0.2) is 131 Å². The van der Waals surface area contributed by atoms with Crippen LogP contribution in [-0.2, 0) is 24.6 Å². The van der Waals surface area contributed by atoms with Crippen molar-refractivity contribution in [1.29, 1.82) is 0 Å². The molecule has 59 heavy (non-hydrogen) atoms. The number of rotatable bonds is 7. The van der Waals surface area contributed by atoms with Gasteiger partial charge < -0.3 is 14.3 Å². The molecule has 2 saturated heterocycles. The van der Waals surface area contributed by atoms with Gasteiger partial charge in [-0.3, -0.25) is 29.5 Å². The quantitative estimate of drug-likeness (QED) is 0.0920. The van der Waals surface area contributed by atoms with E-state index in [4.69, 9.17) is 9.15 Å². The number of carbonyl (C=O) groups excluding carboxylic acids is 4. The van der Waals surface area contributed by atoms with E-state index in [1.54, 1.807) is 30.3 Å². The molecule has 3 heterocycles. The van der Waals surface area contributed by atoms with E-state index in [1.165, 1.54) is 12.0 Å². The molecule has 10 rings (SSSR count). The number of halogens is 1. The van der Waals surface area contributed by atoms with Crippen molar-refractivity contribution in [1.82, 2.24) is 9.99 Å². The number of imide groups is 2. The normalized spacial score (nSPS) is 24.9. The first kappa shape index (κ1) is 37.0. The minimum Gasteiger partial charge on any atom is -0.504 e. The minimum atomic E-state index is -1.46. The highest BCUT2D eigenvalue weighted by Gasteiger charge is 2.70. The van der Waals surface area contributed by atoms with Crippen LogP contribution in [0, 0.1) is 34.2 Å². The van der Waals surface area contributed by atoms with Crippen molar-refractivity contribution in [2.24, 2.45) is 23.7 Å². The van der Waals surface area contributed by atoms with Crippen LogP contribution < -0.4 is 15.1 Å². The molecule has 0 unspecified atom stereocenters. The molecular formula is C47H37IN4O7. The molecule has 4 aliphatic rings. The first-order valence-electron chi connectivity index (χ1n) is 19.5. The number of aromatic hydroxyl groups is 1. The van der Waals surface area contributed by atoms with Gasteiger partial charge in [0, 0.05) is 11.5 Å². The summed E-state index contributed by atoms with van der Waals surface area (Å²) >= 11 is 2.04. The number of allylic oxidation sites excluding steroid dienone is 2. The maximum Gasteiger partial charge on any atom is 0.260 e. The lowest BCUT2D eigenvalue weighted by atomic mass is 9.49. The molecule has 1 aromatic heterocycles. The Bertz CT molecular complexity index is 2720. The van der Waals surface area contributed by atoms with Crippen molar-refractivity contribution in [2.75, 3.05) is 17.4 Å². The maximum absolute atomic E-state index is 15.5. The number of ether oxygens (including phenoxy) is 1. The van der Waals surface area contributed by atoms with Gasteiger partial charge in [0.1, 0.15) is 5.52 Å². The van der Waals surface area contributed by atoms with Crippen molar-refractivity contribution >= 4 is 68.7 Å². The molecule has 2 N–H and O–H groups in total. The number of nitrogens with zero attached hydrogens (tertiary/aromatic N) is 3. The van der Waals surface area contributed by atoms with Crippen molar-refractivity contribution in [2.45, 2.75) is 31.1 Å². The van der Waals surface area contributed by atoms with Crippen LogP contribution in [0.25, 0.3) is 22.6 Å². The molecule has 0 bridgehead atoms. The maximum atomic E-state index is 15.5. The van der Waals surface area contributed by atoms with Gasteiger partial charge in [-0.1, -0.05) is 71.8 Å². The number of amides is 4. The number of phenols is 1. The summed E-state index contributed by atoms with van der Waals surface area (Å²) < 4.78 is 12.1. The van der Waals surface area contributed by atoms with E-state index in [0.717, 1.165) is 21.7 Å². The Morgan fingerprint density at radius 1 is 0.864 bits per heavy atom. The van der Waals surface area contributed by atoms with E-state index in [2.05, 4.69) is 10.4 Å². The van der Waals surface area contributed by atoms with Gasteiger partial charge in [0.2, 0.25) is 17.7 Å². The van der Waals surface area contributed by atoms with Crippen LogP contribution in [0.2, 0.25) is 0 Å². The molecule has 6 aromatic rings. The molecule has 4 amide bonds. The molecule has 1 saturated carbocycles. The number of benzene rings is 5. The largest absolute Gasteiger partial charge is 0.504 e. The highest BCUT2D eigenvalue weighted by Crippen LogP contribution is 2.64. The predicted octanol–water partition coefficient (Wildman–Crippen LogP) is 8.31. The number of oxazole rings is 1. The molecule has 11 nitrogen and oxygen atoms in total. The summed E-state index contributed by atoms with van der Waals surface area (Å²) in [7, 11) is 1.47. The van der Waals surface area contributed by atoms with E-state index in [-0.39, 0.29) is 36.2 Å². The second-order valence-electron chi connectivity index (χ2n) is 15.7. The molecule has 2 aliphatic carbocycles. The highest BCUT2D eigenvalue weighted by atomic mass is 127. The number of para-hydroxylation sites is 2. The molecule has 294 valence electrons. The van der Waals surface area contributed by atoms with Gasteiger partial charge in [-0.2, -0.15) is 5.01 Å². The van der Waals surface area contributed by atoms with Crippen molar-refractivity contribution in [3.63, 3.8) is 0 Å². The Kier molecular flexibility index (Phi) is 8.74. The summed E-state index contributed by atoms with van der Waals surface area (Å²) in [5.41, 5.74) is 7.89. The Balaban J connectivity index is 1.09. The fourth-order valence-corrected chi connectivity index (χ4v) is 10.7. The summed E-state index contributed by atoms with van der Waals surface area (Å²) in [5, 5.41) is 12.1. The number of nitrogens with one attached hydrogen (secondary N) is 1. The van der Waals surface area contributed by atoms with Crippen LogP contribution in [0.3, 0.4) is 0 Å². The summed E-state index contributed by atoms with van der Waals surface area (Å²) in [5.74, 6) is -4.61. The number of hydrogen-bond donors (Lipinski definition) is 2. The summed E-state index contributed by atoms with van der Waals surface area (Å²) in [6, 6.07) is 34.8. The molecule has 2 aliphatic heterocycles. The van der Waals surface area contributed by atoms with Gasteiger partial charge in [-0.05, 0) is 120 Å². The molecule has 5 aromatic carbocycles. The standard InChI is InChI=1S/C47H37IN4O7/c1-25-12-16-29(17-13-25)50-52-44(55)34-24-33-31(40(27-22-35(48)41(53)38(23-27)58-2)47(34,46(52)57)28-8-4-3-5-9-28)20-21-32-39(33)45(56)51(43(32)54)30-18-14-26(15-19-30)42-49-36-10-6-7-11-37(36)59-42/h3-20,22-23,32-34,39-40,50,53H,21,24H2,1-2H3/t32-,33+,34-,39-,40-,47+/m0/s1. The van der Waals surface area contributed by atoms with Gasteiger partial charge in [-0.25, -0.2) is 4.98 Å². The highest BCUT2D eigenvalue weighted by molar-refractivity contribution is 14.1. The van der Waals surface area contributed by atoms with Crippen LogP contribution in [0.1, 0.15) is 35.4 Å². The Morgan fingerprint density at radius 3 is 2.32 bits per heavy atom. The Labute approximate surface area is 352 Å². The number of hydrazine groups is 1. The number of aromatic nitrogens is 1. The number of aryl methyl sites for hydroxylation is 1. The average Bonchev–Trinajstić information content (AvgIpc) is 3.87. The first-order chi connectivity index (χ1) is 28.6. The third kappa shape index (κ3) is 5.55. The van der Waals surface area contributed by atoms with E-state index >= 15 is 9.59 Å². The summed E-state index contributed by atoms with van der Waals surface area (Å²) in [6.45, 7) is 1.96. The number of carbonyl (C=O) groups is 4. The van der Waals surface area contributed by atoms with Gasteiger partial charge in [0.05, 0.1) is 45.2 Å². The van der Waals surface area contributed by atoms with Crippen LogP contribution in [0.4, 0.5) is 11.4 Å². The second kappa shape index (κ2) is 13.9. The lowest BCUT2D eigenvalue weighted by molar-refractivity contribution is -0.138. The molecular weight excluding hydrogens is 859 g/mol. The molecule has 12 heteroatoms. The molecule has 0 radical (unpaired) electrons. The fourth-order valence-electron chi connectivity index (χ4n) is 10.0. The third-order valence-electron chi connectivity index (χ3n) is 12.7. The number of hydrogen-bond acceptors (Lipinski definition) is 9. The number of phenolic OH excluding ortho intramolecular Hbond substituents is 1. The van der Waals surface area contributed by atoms with Gasteiger partial charge in [0.25, 0.3) is 11.8 Å². The zero-order valence-corrected chi connectivity index (χ0v) is 34.1. The number of anilines is 2. The topological polar surface area (TPSA) is 142 Å². The molecule has 3 fully saturated rings. The van der Waals surface area contributed by atoms with Crippen LogP contribution in [0.5, 0.6) is 11.5 Å². The zero-order valence-electron chi connectivity index (χ0n) is 32.0.